The number of carbonyl (C=O) groups is 2. The fourth-order valence-corrected chi connectivity index (χ4v) is 2.05. The number of hydrogen-bond acceptors (Lipinski definition) is 3. The number of rotatable bonds is 6. The van der Waals surface area contributed by atoms with Crippen molar-refractivity contribution < 1.29 is 14.0 Å². The van der Waals surface area contributed by atoms with Crippen LogP contribution in [0.4, 0.5) is 0 Å². The normalized spacial score (nSPS) is 12.0. The van der Waals surface area contributed by atoms with Crippen LogP contribution >= 0.6 is 0 Å². The van der Waals surface area contributed by atoms with E-state index in [-0.39, 0.29) is 17.6 Å². The number of carbonyl (C=O) groups excluding carboxylic acids is 2. The minimum atomic E-state index is -0.610. The zero-order chi connectivity index (χ0) is 15.9. The molecule has 2 rings (SSSR count). The van der Waals surface area contributed by atoms with Crippen molar-refractivity contribution in [2.75, 3.05) is 0 Å². The van der Waals surface area contributed by atoms with Crippen LogP contribution in [0.5, 0.6) is 0 Å². The lowest BCUT2D eigenvalue weighted by atomic mass is 10.0. The third-order valence-electron chi connectivity index (χ3n) is 3.29. The largest absolute Gasteiger partial charge is 0.459 e. The number of benzene rings is 1. The Morgan fingerprint density at radius 1 is 1.09 bits per heavy atom. The van der Waals surface area contributed by atoms with E-state index in [1.807, 2.05) is 44.2 Å². The predicted molar refractivity (Wildman–Crippen MR) is 83.1 cm³/mol. The zero-order valence-corrected chi connectivity index (χ0v) is 12.7. The van der Waals surface area contributed by atoms with Crippen LogP contribution in [0.1, 0.15) is 30.0 Å². The van der Waals surface area contributed by atoms with Crippen LogP contribution in [0.3, 0.4) is 0 Å². The van der Waals surface area contributed by atoms with Gasteiger partial charge in [-0.2, -0.15) is 0 Å². The average Bonchev–Trinajstić information content (AvgIpc) is 3.05. The lowest BCUT2D eigenvalue weighted by molar-refractivity contribution is -0.124. The Labute approximate surface area is 129 Å². The van der Waals surface area contributed by atoms with E-state index < -0.39 is 11.9 Å². The fraction of sp³-hybridized carbons (Fsp3) is 0.294. The maximum Gasteiger partial charge on any atom is 0.287 e. The molecule has 0 saturated heterocycles. The van der Waals surface area contributed by atoms with Gasteiger partial charge in [-0.25, -0.2) is 0 Å². The molecule has 1 atom stereocenters. The highest BCUT2D eigenvalue weighted by Crippen LogP contribution is 2.06. The van der Waals surface area contributed by atoms with E-state index in [4.69, 9.17) is 4.42 Å². The molecule has 0 aliphatic carbocycles. The van der Waals surface area contributed by atoms with E-state index >= 15 is 0 Å². The van der Waals surface area contributed by atoms with Crippen LogP contribution in [0.25, 0.3) is 0 Å². The molecule has 0 radical (unpaired) electrons. The molecular formula is C17H20N2O3. The second kappa shape index (κ2) is 7.45. The summed E-state index contributed by atoms with van der Waals surface area (Å²) < 4.78 is 5.04. The first-order valence-electron chi connectivity index (χ1n) is 7.24. The Bertz CT molecular complexity index is 606. The molecule has 0 bridgehead atoms. The van der Waals surface area contributed by atoms with Gasteiger partial charge in [0.05, 0.1) is 6.26 Å². The first-order valence-corrected chi connectivity index (χ1v) is 7.24. The molecule has 0 aliphatic rings. The number of furan rings is 1. The Morgan fingerprint density at radius 2 is 1.82 bits per heavy atom. The molecule has 116 valence electrons. The zero-order valence-electron chi connectivity index (χ0n) is 12.7. The van der Waals surface area contributed by atoms with Gasteiger partial charge < -0.3 is 15.1 Å². The molecule has 0 spiro atoms. The van der Waals surface area contributed by atoms with Gasteiger partial charge in [-0.1, -0.05) is 44.2 Å². The van der Waals surface area contributed by atoms with Crippen molar-refractivity contribution in [3.8, 4) is 0 Å². The smallest absolute Gasteiger partial charge is 0.287 e. The topological polar surface area (TPSA) is 71.3 Å². The monoisotopic (exact) mass is 300 g/mol. The van der Waals surface area contributed by atoms with E-state index in [2.05, 4.69) is 10.6 Å². The van der Waals surface area contributed by atoms with E-state index in [1.54, 1.807) is 12.1 Å². The lowest BCUT2D eigenvalue weighted by Gasteiger charge is -2.21. The van der Waals surface area contributed by atoms with Gasteiger partial charge in [0.25, 0.3) is 5.91 Å². The Kier molecular flexibility index (Phi) is 5.36. The summed E-state index contributed by atoms with van der Waals surface area (Å²) in [6, 6.07) is 12.2. The molecule has 5 heteroatoms. The highest BCUT2D eigenvalue weighted by molar-refractivity contribution is 5.95. The van der Waals surface area contributed by atoms with Crippen molar-refractivity contribution in [1.29, 1.82) is 0 Å². The van der Waals surface area contributed by atoms with E-state index in [0.717, 1.165) is 5.56 Å². The summed E-state index contributed by atoms with van der Waals surface area (Å²) in [4.78, 5) is 24.3. The summed E-state index contributed by atoms with van der Waals surface area (Å²) >= 11 is 0. The number of hydrogen-bond donors (Lipinski definition) is 2. The number of nitrogens with one attached hydrogen (secondary N) is 2. The van der Waals surface area contributed by atoms with Crippen molar-refractivity contribution in [2.24, 2.45) is 5.92 Å². The van der Waals surface area contributed by atoms with Crippen LogP contribution in [0, 0.1) is 5.92 Å². The summed E-state index contributed by atoms with van der Waals surface area (Å²) in [5, 5.41) is 5.56. The molecule has 0 saturated carbocycles. The molecule has 1 aromatic heterocycles. The van der Waals surface area contributed by atoms with Crippen molar-refractivity contribution >= 4 is 11.8 Å². The molecule has 1 heterocycles. The van der Waals surface area contributed by atoms with E-state index in [0.29, 0.717) is 6.54 Å². The second-order valence-electron chi connectivity index (χ2n) is 5.38. The first kappa shape index (κ1) is 15.8. The SMILES string of the molecule is CC(C)[C@@H](NC(=O)c1ccco1)C(=O)NCc1ccccc1. The summed E-state index contributed by atoms with van der Waals surface area (Å²) in [5.41, 5.74) is 1.01. The third kappa shape index (κ3) is 4.22. The molecule has 0 unspecified atom stereocenters. The molecule has 2 N–H and O–H groups in total. The van der Waals surface area contributed by atoms with Crippen LogP contribution in [0.15, 0.2) is 53.1 Å². The molecule has 1 aromatic carbocycles. The highest BCUT2D eigenvalue weighted by atomic mass is 16.3. The van der Waals surface area contributed by atoms with Crippen LogP contribution in [0.2, 0.25) is 0 Å². The van der Waals surface area contributed by atoms with Gasteiger partial charge in [0.15, 0.2) is 5.76 Å². The Hall–Kier alpha value is -2.56. The maximum atomic E-state index is 12.3. The summed E-state index contributed by atoms with van der Waals surface area (Å²) in [7, 11) is 0. The average molecular weight is 300 g/mol. The Balaban J connectivity index is 1.95. The van der Waals surface area contributed by atoms with Crippen LogP contribution in [-0.2, 0) is 11.3 Å². The van der Waals surface area contributed by atoms with Crippen LogP contribution < -0.4 is 10.6 Å². The molecule has 5 nitrogen and oxygen atoms in total. The van der Waals surface area contributed by atoms with Gasteiger partial charge in [0.2, 0.25) is 5.91 Å². The quantitative estimate of drug-likeness (QED) is 0.860. The van der Waals surface area contributed by atoms with Crippen molar-refractivity contribution in [2.45, 2.75) is 26.4 Å². The van der Waals surface area contributed by atoms with E-state index in [1.165, 1.54) is 6.26 Å². The molecule has 22 heavy (non-hydrogen) atoms. The lowest BCUT2D eigenvalue weighted by Crippen LogP contribution is -2.49. The Morgan fingerprint density at radius 3 is 2.41 bits per heavy atom. The van der Waals surface area contributed by atoms with Gasteiger partial charge in [0, 0.05) is 6.54 Å². The summed E-state index contributed by atoms with van der Waals surface area (Å²) in [6.07, 6.45) is 1.43. The summed E-state index contributed by atoms with van der Waals surface area (Å²) in [6.45, 7) is 4.20. The van der Waals surface area contributed by atoms with Gasteiger partial charge >= 0.3 is 0 Å². The molecule has 2 aromatic rings. The van der Waals surface area contributed by atoms with Crippen LogP contribution in [-0.4, -0.2) is 17.9 Å². The second-order valence-corrected chi connectivity index (χ2v) is 5.38. The minimum absolute atomic E-state index is 0.0327. The molecular weight excluding hydrogens is 280 g/mol. The van der Waals surface area contributed by atoms with Crippen molar-refractivity contribution in [3.05, 3.63) is 60.1 Å². The standard InChI is InChI=1S/C17H20N2O3/c1-12(2)15(19-16(20)14-9-6-10-22-14)17(21)18-11-13-7-4-3-5-8-13/h3-10,12,15H,11H2,1-2H3,(H,18,21)(H,19,20)/t15-/m1/s1. The summed E-state index contributed by atoms with van der Waals surface area (Å²) in [5.74, 6) is -0.437. The molecule has 0 aliphatic heterocycles. The van der Waals surface area contributed by atoms with Crippen molar-refractivity contribution in [1.82, 2.24) is 10.6 Å². The van der Waals surface area contributed by atoms with Gasteiger partial charge in [-0.3, -0.25) is 9.59 Å². The fourth-order valence-electron chi connectivity index (χ4n) is 2.05. The molecule has 2 amide bonds. The van der Waals surface area contributed by atoms with Gasteiger partial charge in [0.1, 0.15) is 6.04 Å². The van der Waals surface area contributed by atoms with Gasteiger partial charge in [-0.05, 0) is 23.6 Å². The number of amides is 2. The third-order valence-corrected chi connectivity index (χ3v) is 3.29. The van der Waals surface area contributed by atoms with Gasteiger partial charge in [-0.15, -0.1) is 0 Å². The predicted octanol–water partition coefficient (Wildman–Crippen LogP) is 2.35. The molecule has 0 fully saturated rings. The highest BCUT2D eigenvalue weighted by Gasteiger charge is 2.25. The minimum Gasteiger partial charge on any atom is -0.459 e. The maximum absolute atomic E-state index is 12.3. The first-order chi connectivity index (χ1) is 10.6. The van der Waals surface area contributed by atoms with Crippen molar-refractivity contribution in [3.63, 3.8) is 0 Å². The van der Waals surface area contributed by atoms with E-state index in [9.17, 15) is 9.59 Å².